The maximum absolute atomic E-state index is 9.24. The second-order valence-corrected chi connectivity index (χ2v) is 4.82. The van der Waals surface area contributed by atoms with E-state index in [9.17, 15) is 5.11 Å². The lowest BCUT2D eigenvalue weighted by Gasteiger charge is -2.05. The number of imidazole rings is 1. The first-order valence-electron chi connectivity index (χ1n) is 8.71. The van der Waals surface area contributed by atoms with Crippen molar-refractivity contribution in [2.24, 2.45) is 0 Å². The van der Waals surface area contributed by atoms with Crippen LogP contribution in [0, 0.1) is 0 Å². The van der Waals surface area contributed by atoms with E-state index < -0.39 is 0 Å². The highest BCUT2D eigenvalue weighted by molar-refractivity contribution is 14.1. The first-order valence-corrected chi connectivity index (χ1v) is 10.9. The molecule has 8 nitrogen and oxygen atoms in total. The van der Waals surface area contributed by atoms with E-state index in [1.54, 1.807) is 23.7 Å². The van der Waals surface area contributed by atoms with Gasteiger partial charge in [0.1, 0.15) is 17.4 Å². The van der Waals surface area contributed by atoms with Gasteiger partial charge in [-0.15, -0.1) is 5.10 Å². The quantitative estimate of drug-likeness (QED) is 0.243. The van der Waals surface area contributed by atoms with Crippen molar-refractivity contribution in [3.05, 3.63) is 48.2 Å². The lowest BCUT2D eigenvalue weighted by atomic mass is 10.2. The minimum Gasteiger partial charge on any atom is -0.508 e. The number of phenolic OH excluding ortho intramolecular Hbond substituents is 1. The number of aromatic hydroxyl groups is 1. The third kappa shape index (κ3) is 8.89. The molecule has 0 aliphatic rings. The number of hydrogen-bond acceptors (Lipinski definition) is 6. The molecule has 0 atom stereocenters. The number of carbonyl (C=O) groups is 1. The molecule has 1 amide bonds. The fourth-order valence-electron chi connectivity index (χ4n) is 1.90. The second-order valence-electron chi connectivity index (χ2n) is 4.82. The Bertz CT molecular complexity index is 793. The van der Waals surface area contributed by atoms with Gasteiger partial charge in [-0.1, -0.05) is 48.6 Å². The molecule has 0 radical (unpaired) electrons. The highest BCUT2D eigenvalue weighted by atomic mass is 127. The van der Waals surface area contributed by atoms with Gasteiger partial charge >= 0.3 is 0 Å². The Hall–Kier alpha value is -2.56. The van der Waals surface area contributed by atoms with Crippen molar-refractivity contribution in [3.8, 4) is 5.75 Å². The van der Waals surface area contributed by atoms with Crippen LogP contribution in [0.2, 0.25) is 0 Å². The van der Waals surface area contributed by atoms with E-state index in [0.29, 0.717) is 13.0 Å². The van der Waals surface area contributed by atoms with Crippen LogP contribution in [0.1, 0.15) is 19.4 Å². The minimum absolute atomic E-state index is 0.270. The Labute approximate surface area is 179 Å². The molecule has 0 aliphatic heterocycles. The standard InChI is InChI=1S/C14H15N5O.C2H5NO.C2H6.CH3I/c1-15-13-9-19-14(17-13)7-6-12(18-19)16-8-10-2-4-11(20)5-3-10;1-3-2-4;2*1-2/h2-7,9,15,20H,8H2,1H3,(H,16,18);2H,1H3,(H,3,4);1-2H3;1H3. The molecule has 28 heavy (non-hydrogen) atoms. The van der Waals surface area contributed by atoms with Gasteiger partial charge in [0.2, 0.25) is 6.41 Å². The number of halogens is 1. The van der Waals surface area contributed by atoms with Crippen LogP contribution in [0.4, 0.5) is 11.6 Å². The van der Waals surface area contributed by atoms with Crippen LogP contribution in [-0.4, -0.2) is 45.1 Å². The number of carbonyl (C=O) groups excluding carboxylic acids is 1. The monoisotopic (exact) mass is 500 g/mol. The predicted octanol–water partition coefficient (Wildman–Crippen LogP) is 3.53. The van der Waals surface area contributed by atoms with E-state index in [4.69, 9.17) is 4.79 Å². The summed E-state index contributed by atoms with van der Waals surface area (Å²) in [6, 6.07) is 10.9. The summed E-state index contributed by atoms with van der Waals surface area (Å²) in [5, 5.41) is 22.1. The van der Waals surface area contributed by atoms with Gasteiger partial charge in [0.05, 0.1) is 6.20 Å². The zero-order chi connectivity index (χ0) is 21.4. The Kier molecular flexibility index (Phi) is 14.1. The average molecular weight is 500 g/mol. The smallest absolute Gasteiger partial charge is 0.206 e. The van der Waals surface area contributed by atoms with Crippen LogP contribution in [0.3, 0.4) is 0 Å². The van der Waals surface area contributed by atoms with Gasteiger partial charge in [-0.2, -0.15) is 0 Å². The van der Waals surface area contributed by atoms with E-state index in [1.165, 1.54) is 0 Å². The number of hydrogen-bond donors (Lipinski definition) is 4. The van der Waals surface area contributed by atoms with Crippen molar-refractivity contribution in [2.45, 2.75) is 20.4 Å². The number of phenols is 1. The Morgan fingerprint density at radius 2 is 1.68 bits per heavy atom. The van der Waals surface area contributed by atoms with Crippen LogP contribution in [0.5, 0.6) is 5.75 Å². The molecule has 2 heterocycles. The summed E-state index contributed by atoms with van der Waals surface area (Å²) < 4.78 is 1.73. The Balaban J connectivity index is 0.000000797. The Morgan fingerprint density at radius 1 is 1.07 bits per heavy atom. The van der Waals surface area contributed by atoms with E-state index >= 15 is 0 Å². The van der Waals surface area contributed by atoms with Gasteiger partial charge in [0.25, 0.3) is 0 Å². The van der Waals surface area contributed by atoms with Crippen LogP contribution < -0.4 is 16.0 Å². The van der Waals surface area contributed by atoms with Crippen molar-refractivity contribution < 1.29 is 9.90 Å². The summed E-state index contributed by atoms with van der Waals surface area (Å²) in [5.41, 5.74) is 1.87. The van der Waals surface area contributed by atoms with Gasteiger partial charge < -0.3 is 21.1 Å². The molecule has 0 fully saturated rings. The second kappa shape index (κ2) is 15.5. The molecule has 1 aromatic carbocycles. The summed E-state index contributed by atoms with van der Waals surface area (Å²) in [7, 11) is 3.39. The molecular weight excluding hydrogens is 471 g/mol. The number of rotatable bonds is 5. The highest BCUT2D eigenvalue weighted by Crippen LogP contribution is 2.13. The zero-order valence-electron chi connectivity index (χ0n) is 16.9. The fourth-order valence-corrected chi connectivity index (χ4v) is 1.90. The average Bonchev–Trinajstić information content (AvgIpc) is 3.19. The van der Waals surface area contributed by atoms with E-state index in [0.717, 1.165) is 22.8 Å². The molecule has 9 heteroatoms. The van der Waals surface area contributed by atoms with Gasteiger partial charge in [-0.05, 0) is 34.8 Å². The Morgan fingerprint density at radius 3 is 2.21 bits per heavy atom. The van der Waals surface area contributed by atoms with Crippen molar-refractivity contribution in [3.63, 3.8) is 0 Å². The number of amides is 1. The molecule has 0 saturated carbocycles. The van der Waals surface area contributed by atoms with Crippen molar-refractivity contribution in [2.75, 3.05) is 29.7 Å². The molecule has 154 valence electrons. The largest absolute Gasteiger partial charge is 0.508 e. The summed E-state index contributed by atoms with van der Waals surface area (Å²) in [6.45, 7) is 4.65. The third-order valence-electron chi connectivity index (χ3n) is 3.10. The minimum atomic E-state index is 0.270. The number of alkyl halides is 1. The third-order valence-corrected chi connectivity index (χ3v) is 3.10. The molecule has 2 aromatic heterocycles. The van der Waals surface area contributed by atoms with E-state index in [1.807, 2.05) is 56.3 Å². The highest BCUT2D eigenvalue weighted by Gasteiger charge is 2.02. The lowest BCUT2D eigenvalue weighted by Crippen LogP contribution is -2.03. The maximum Gasteiger partial charge on any atom is 0.206 e. The van der Waals surface area contributed by atoms with Crippen LogP contribution in [0.25, 0.3) is 5.65 Å². The van der Waals surface area contributed by atoms with E-state index in [2.05, 4.69) is 48.6 Å². The van der Waals surface area contributed by atoms with Crippen molar-refractivity contribution in [1.82, 2.24) is 19.9 Å². The summed E-state index contributed by atoms with van der Waals surface area (Å²) in [4.78, 5) is 15.4. The normalized spacial score (nSPS) is 8.79. The fraction of sp³-hybridized carbons (Fsp3) is 0.316. The molecule has 4 N–H and O–H groups in total. The van der Waals surface area contributed by atoms with Crippen LogP contribution >= 0.6 is 22.6 Å². The zero-order valence-corrected chi connectivity index (χ0v) is 19.1. The summed E-state index contributed by atoms with van der Waals surface area (Å²) in [6.07, 6.45) is 2.46. The van der Waals surface area contributed by atoms with Crippen molar-refractivity contribution >= 4 is 46.3 Å². The molecule has 3 rings (SSSR count). The number of nitrogens with zero attached hydrogens (tertiary/aromatic N) is 3. The number of fused-ring (bicyclic) bond motifs is 1. The number of anilines is 2. The molecular formula is C19H29IN6O2. The predicted molar refractivity (Wildman–Crippen MR) is 124 cm³/mol. The SMILES string of the molecule is CC.CI.CNC=O.CNc1cn2nc(NCc3ccc(O)cc3)ccc2n1. The topological polar surface area (TPSA) is 104 Å². The van der Waals surface area contributed by atoms with Gasteiger partial charge in [-0.3, -0.25) is 4.79 Å². The van der Waals surface area contributed by atoms with Gasteiger partial charge in [0.15, 0.2) is 5.65 Å². The molecule has 0 saturated heterocycles. The number of nitrogens with one attached hydrogen (secondary N) is 3. The number of aromatic nitrogens is 3. The van der Waals surface area contributed by atoms with E-state index in [-0.39, 0.29) is 5.75 Å². The molecule has 0 bridgehead atoms. The molecule has 0 unspecified atom stereocenters. The summed E-state index contributed by atoms with van der Waals surface area (Å²) >= 11 is 2.15. The first kappa shape index (κ1) is 25.4. The number of benzene rings is 1. The van der Waals surface area contributed by atoms with Gasteiger partial charge in [0, 0.05) is 20.6 Å². The van der Waals surface area contributed by atoms with Crippen LogP contribution in [0.15, 0.2) is 42.6 Å². The molecule has 3 aromatic rings. The van der Waals surface area contributed by atoms with Gasteiger partial charge in [-0.25, -0.2) is 9.50 Å². The van der Waals surface area contributed by atoms with Crippen molar-refractivity contribution in [1.29, 1.82) is 0 Å². The molecule has 0 spiro atoms. The maximum atomic E-state index is 9.24. The first-order chi connectivity index (χ1) is 13.7. The van der Waals surface area contributed by atoms with Crippen LogP contribution in [-0.2, 0) is 11.3 Å². The lowest BCUT2D eigenvalue weighted by molar-refractivity contribution is -0.109. The molecule has 0 aliphatic carbocycles. The summed E-state index contributed by atoms with van der Waals surface area (Å²) in [5.74, 6) is 1.82.